The lowest BCUT2D eigenvalue weighted by Crippen LogP contribution is -2.25. The van der Waals surface area contributed by atoms with Crippen LogP contribution >= 0.6 is 0 Å². The number of amides is 1. The Hall–Kier alpha value is -2.83. The van der Waals surface area contributed by atoms with Crippen molar-refractivity contribution in [3.8, 4) is 11.4 Å². The van der Waals surface area contributed by atoms with Gasteiger partial charge in [-0.15, -0.1) is 0 Å². The van der Waals surface area contributed by atoms with Gasteiger partial charge in [-0.3, -0.25) is 9.59 Å². The van der Waals surface area contributed by atoms with Gasteiger partial charge in [-0.1, -0.05) is 12.8 Å². The third kappa shape index (κ3) is 5.61. The Morgan fingerprint density at radius 1 is 1.15 bits per heavy atom. The molecule has 0 aliphatic carbocycles. The second kappa shape index (κ2) is 9.60. The molecule has 1 aromatic heterocycles. The molecule has 140 valence electrons. The maximum absolute atomic E-state index is 12.2. The minimum atomic E-state index is -0.763. The van der Waals surface area contributed by atoms with Gasteiger partial charge in [-0.2, -0.15) is 5.10 Å². The van der Waals surface area contributed by atoms with E-state index >= 15 is 0 Å². The number of carbonyl (C=O) groups is 2. The minimum absolute atomic E-state index is 0.203. The van der Waals surface area contributed by atoms with E-state index in [2.05, 4.69) is 10.4 Å². The van der Waals surface area contributed by atoms with E-state index in [0.717, 1.165) is 36.4 Å². The van der Waals surface area contributed by atoms with Crippen LogP contribution in [0.3, 0.4) is 0 Å². The van der Waals surface area contributed by atoms with Crippen molar-refractivity contribution in [1.82, 2.24) is 15.1 Å². The zero-order valence-corrected chi connectivity index (χ0v) is 15.2. The molecule has 1 heterocycles. The molecule has 0 spiro atoms. The fraction of sp³-hybridized carbons (Fsp3) is 0.421. The van der Waals surface area contributed by atoms with Crippen LogP contribution < -0.4 is 10.1 Å². The molecule has 2 N–H and O–H groups in total. The van der Waals surface area contributed by atoms with Gasteiger partial charge >= 0.3 is 5.97 Å². The van der Waals surface area contributed by atoms with Crippen LogP contribution in [0.2, 0.25) is 0 Å². The van der Waals surface area contributed by atoms with Gasteiger partial charge in [0.25, 0.3) is 5.91 Å². The summed E-state index contributed by atoms with van der Waals surface area (Å²) in [7, 11) is 1.61. The normalized spacial score (nSPS) is 10.5. The first-order chi connectivity index (χ1) is 12.5. The van der Waals surface area contributed by atoms with Gasteiger partial charge < -0.3 is 15.2 Å². The number of rotatable bonds is 10. The highest BCUT2D eigenvalue weighted by atomic mass is 16.5. The molecule has 0 atom stereocenters. The first kappa shape index (κ1) is 19.5. The van der Waals surface area contributed by atoms with Crippen molar-refractivity contribution in [2.45, 2.75) is 39.0 Å². The van der Waals surface area contributed by atoms with Crippen molar-refractivity contribution in [2.75, 3.05) is 13.7 Å². The number of unbranched alkanes of at least 4 members (excludes halogenated alkanes) is 3. The number of ether oxygens (including phenoxy) is 1. The Morgan fingerprint density at radius 3 is 2.50 bits per heavy atom. The SMILES string of the molecule is COc1ccc(-n2nc(C(=O)NCCCCCCC(=O)O)cc2C)cc1. The molecule has 0 unspecified atom stereocenters. The van der Waals surface area contributed by atoms with Crippen LogP contribution in [0.15, 0.2) is 30.3 Å². The molecule has 26 heavy (non-hydrogen) atoms. The maximum Gasteiger partial charge on any atom is 0.303 e. The molecule has 0 saturated heterocycles. The summed E-state index contributed by atoms with van der Waals surface area (Å²) in [6, 6.07) is 9.23. The van der Waals surface area contributed by atoms with Crippen LogP contribution in [0.25, 0.3) is 5.69 Å². The quantitative estimate of drug-likeness (QED) is 0.636. The highest BCUT2D eigenvalue weighted by molar-refractivity contribution is 5.92. The second-order valence-corrected chi connectivity index (χ2v) is 6.09. The number of benzene rings is 1. The predicted octanol–water partition coefficient (Wildman–Crippen LogP) is 2.95. The van der Waals surface area contributed by atoms with Crippen LogP contribution in [0.4, 0.5) is 0 Å². The van der Waals surface area contributed by atoms with Gasteiger partial charge in [0.1, 0.15) is 5.75 Å². The van der Waals surface area contributed by atoms with Crippen molar-refractivity contribution in [3.05, 3.63) is 41.7 Å². The van der Waals surface area contributed by atoms with Crippen molar-refractivity contribution in [1.29, 1.82) is 0 Å². The molecule has 0 fully saturated rings. The number of carboxylic acids is 1. The Bertz CT molecular complexity index is 738. The molecule has 0 aliphatic rings. The standard InChI is InChI=1S/C19H25N3O4/c1-14-13-17(19(25)20-12-6-4-3-5-7-18(23)24)21-22(14)15-8-10-16(26-2)11-9-15/h8-11,13H,3-7,12H2,1-2H3,(H,20,25)(H,23,24). The van der Waals surface area contributed by atoms with E-state index in [1.807, 2.05) is 31.2 Å². The molecule has 7 heteroatoms. The Kier molecular flexibility index (Phi) is 7.20. The van der Waals surface area contributed by atoms with Gasteiger partial charge in [0.2, 0.25) is 0 Å². The van der Waals surface area contributed by atoms with Crippen LogP contribution in [0, 0.1) is 6.92 Å². The highest BCUT2D eigenvalue weighted by Crippen LogP contribution is 2.16. The van der Waals surface area contributed by atoms with E-state index in [4.69, 9.17) is 9.84 Å². The molecule has 0 aliphatic heterocycles. The third-order valence-electron chi connectivity index (χ3n) is 4.04. The summed E-state index contributed by atoms with van der Waals surface area (Å²) in [5.74, 6) is -0.202. The molecule has 0 radical (unpaired) electrons. The zero-order chi connectivity index (χ0) is 18.9. The molecule has 0 bridgehead atoms. The number of aryl methyl sites for hydroxylation is 1. The van der Waals surface area contributed by atoms with Crippen LogP contribution in [0.1, 0.15) is 48.3 Å². The van der Waals surface area contributed by atoms with E-state index in [1.165, 1.54) is 0 Å². The van der Waals surface area contributed by atoms with Crippen molar-refractivity contribution in [3.63, 3.8) is 0 Å². The first-order valence-corrected chi connectivity index (χ1v) is 8.72. The summed E-state index contributed by atoms with van der Waals surface area (Å²) in [6.45, 7) is 2.46. The van der Waals surface area contributed by atoms with Crippen LogP contribution in [-0.2, 0) is 4.79 Å². The number of aliphatic carboxylic acids is 1. The van der Waals surface area contributed by atoms with E-state index in [1.54, 1.807) is 17.9 Å². The number of hydrogen-bond acceptors (Lipinski definition) is 4. The lowest BCUT2D eigenvalue weighted by atomic mass is 10.1. The molecule has 1 amide bonds. The van der Waals surface area contributed by atoms with Crippen molar-refractivity contribution >= 4 is 11.9 Å². The maximum atomic E-state index is 12.2. The number of nitrogens with zero attached hydrogens (tertiary/aromatic N) is 2. The van der Waals surface area contributed by atoms with Crippen molar-refractivity contribution in [2.24, 2.45) is 0 Å². The Morgan fingerprint density at radius 2 is 1.85 bits per heavy atom. The Labute approximate surface area is 153 Å². The van der Waals surface area contributed by atoms with E-state index in [9.17, 15) is 9.59 Å². The molecule has 7 nitrogen and oxygen atoms in total. The van der Waals surface area contributed by atoms with Gasteiger partial charge in [0.05, 0.1) is 12.8 Å². The number of hydrogen-bond donors (Lipinski definition) is 2. The number of carbonyl (C=O) groups excluding carboxylic acids is 1. The number of methoxy groups -OCH3 is 1. The topological polar surface area (TPSA) is 93.5 Å². The molecular formula is C19H25N3O4. The van der Waals surface area contributed by atoms with Gasteiger partial charge in [-0.25, -0.2) is 4.68 Å². The van der Waals surface area contributed by atoms with Gasteiger partial charge in [0, 0.05) is 18.7 Å². The first-order valence-electron chi connectivity index (χ1n) is 8.72. The number of nitrogens with one attached hydrogen (secondary N) is 1. The average Bonchev–Trinajstić information content (AvgIpc) is 3.02. The summed E-state index contributed by atoms with van der Waals surface area (Å²) in [5, 5.41) is 15.8. The lowest BCUT2D eigenvalue weighted by Gasteiger charge is -2.05. The summed E-state index contributed by atoms with van der Waals surface area (Å²) in [6.07, 6.45) is 3.45. The van der Waals surface area contributed by atoms with Crippen LogP contribution in [0.5, 0.6) is 5.75 Å². The zero-order valence-electron chi connectivity index (χ0n) is 15.2. The van der Waals surface area contributed by atoms with Crippen LogP contribution in [-0.4, -0.2) is 40.4 Å². The van der Waals surface area contributed by atoms with Gasteiger partial charge in [-0.05, 0) is 50.1 Å². The van der Waals surface area contributed by atoms with E-state index < -0.39 is 5.97 Å². The number of carboxylic acid groups (broad SMARTS) is 1. The monoisotopic (exact) mass is 359 g/mol. The molecular weight excluding hydrogens is 334 g/mol. The summed E-state index contributed by atoms with van der Waals surface area (Å²) < 4.78 is 6.87. The largest absolute Gasteiger partial charge is 0.497 e. The average molecular weight is 359 g/mol. The van der Waals surface area contributed by atoms with E-state index in [0.29, 0.717) is 18.7 Å². The second-order valence-electron chi connectivity index (χ2n) is 6.09. The predicted molar refractivity (Wildman–Crippen MR) is 97.9 cm³/mol. The Balaban J connectivity index is 1.83. The lowest BCUT2D eigenvalue weighted by molar-refractivity contribution is -0.137. The molecule has 1 aromatic carbocycles. The summed E-state index contributed by atoms with van der Waals surface area (Å²) >= 11 is 0. The van der Waals surface area contributed by atoms with E-state index in [-0.39, 0.29) is 12.3 Å². The molecule has 2 rings (SSSR count). The molecule has 0 saturated carbocycles. The van der Waals surface area contributed by atoms with Gasteiger partial charge in [0.15, 0.2) is 5.69 Å². The highest BCUT2D eigenvalue weighted by Gasteiger charge is 2.13. The number of aromatic nitrogens is 2. The smallest absolute Gasteiger partial charge is 0.303 e. The van der Waals surface area contributed by atoms with Crippen molar-refractivity contribution < 1.29 is 19.4 Å². The third-order valence-corrected chi connectivity index (χ3v) is 4.04. The fourth-order valence-corrected chi connectivity index (χ4v) is 2.62. The minimum Gasteiger partial charge on any atom is -0.497 e. The summed E-state index contributed by atoms with van der Waals surface area (Å²) in [5.41, 5.74) is 2.11. The fourth-order valence-electron chi connectivity index (χ4n) is 2.62. The summed E-state index contributed by atoms with van der Waals surface area (Å²) in [4.78, 5) is 22.7. The molecule has 2 aromatic rings.